The number of hydrogen-bond acceptors (Lipinski definition) is 3. The molecule has 0 aromatic heterocycles. The zero-order valence-corrected chi connectivity index (χ0v) is 12.0. The molecule has 0 spiro atoms. The molecule has 0 unspecified atom stereocenters. The van der Waals surface area contributed by atoms with E-state index in [9.17, 15) is 13.2 Å². The topological polar surface area (TPSA) is 78.5 Å². The summed E-state index contributed by atoms with van der Waals surface area (Å²) in [5.74, 6) is 0. The molecular weight excluding hydrogens is 242 g/mol. The molecule has 2 amide bonds. The lowest BCUT2D eigenvalue weighted by molar-refractivity contribution is 0.237. The van der Waals surface area contributed by atoms with Gasteiger partial charge in [0.25, 0.3) is 0 Å². The van der Waals surface area contributed by atoms with Crippen molar-refractivity contribution in [2.45, 2.75) is 39.8 Å². The first kappa shape index (κ1) is 16.2. The zero-order chi connectivity index (χ0) is 13.6. The van der Waals surface area contributed by atoms with Crippen LogP contribution < -0.4 is 10.6 Å². The van der Waals surface area contributed by atoms with Crippen molar-refractivity contribution >= 4 is 16.1 Å². The lowest BCUT2D eigenvalue weighted by Crippen LogP contribution is -2.45. The summed E-state index contributed by atoms with van der Waals surface area (Å²) < 4.78 is 24.2. The predicted octanol–water partition coefficient (Wildman–Crippen LogP) is 0.364. The van der Waals surface area contributed by atoms with Gasteiger partial charge in [0.15, 0.2) is 0 Å². The quantitative estimate of drug-likeness (QED) is 0.728. The second-order valence-corrected chi connectivity index (χ2v) is 6.46. The molecule has 0 radical (unpaired) electrons. The van der Waals surface area contributed by atoms with Gasteiger partial charge >= 0.3 is 6.03 Å². The summed E-state index contributed by atoms with van der Waals surface area (Å²) in [6, 6.07) is -0.330. The molecule has 102 valence electrons. The number of carbonyl (C=O) groups excluding carboxylic acids is 1. The van der Waals surface area contributed by atoms with Gasteiger partial charge in [-0.2, -0.15) is 4.31 Å². The Balaban J connectivity index is 4.13. The van der Waals surface area contributed by atoms with Crippen molar-refractivity contribution in [1.82, 2.24) is 14.9 Å². The van der Waals surface area contributed by atoms with Gasteiger partial charge in [0, 0.05) is 25.2 Å². The van der Waals surface area contributed by atoms with Crippen LogP contribution in [0.1, 0.15) is 27.7 Å². The third-order valence-corrected chi connectivity index (χ3v) is 3.50. The Kier molecular flexibility index (Phi) is 6.48. The first-order valence-electron chi connectivity index (χ1n) is 5.65. The molecule has 0 aliphatic carbocycles. The van der Waals surface area contributed by atoms with Gasteiger partial charge in [-0.05, 0) is 27.7 Å². The minimum Gasteiger partial charge on any atom is -0.337 e. The van der Waals surface area contributed by atoms with Gasteiger partial charge in [0.05, 0.1) is 6.26 Å². The van der Waals surface area contributed by atoms with Gasteiger partial charge in [0.1, 0.15) is 0 Å². The SMILES string of the molecule is CC(C)NC(=O)NCCN(C(C)C)S(C)(=O)=O. The van der Waals surface area contributed by atoms with Crippen LogP contribution >= 0.6 is 0 Å². The molecule has 0 heterocycles. The Morgan fingerprint density at radius 2 is 1.76 bits per heavy atom. The van der Waals surface area contributed by atoms with Gasteiger partial charge in [-0.25, -0.2) is 13.2 Å². The van der Waals surface area contributed by atoms with Gasteiger partial charge < -0.3 is 10.6 Å². The summed E-state index contributed by atoms with van der Waals surface area (Å²) in [6.45, 7) is 7.89. The predicted molar refractivity (Wildman–Crippen MR) is 68.4 cm³/mol. The van der Waals surface area contributed by atoms with E-state index in [-0.39, 0.29) is 24.7 Å². The van der Waals surface area contributed by atoms with Crippen LogP contribution in [0, 0.1) is 0 Å². The maximum Gasteiger partial charge on any atom is 0.315 e. The Labute approximate surface area is 104 Å². The average molecular weight is 265 g/mol. The number of amides is 2. The molecule has 0 aromatic rings. The van der Waals surface area contributed by atoms with E-state index in [4.69, 9.17) is 0 Å². The van der Waals surface area contributed by atoms with Crippen LogP contribution in [0.15, 0.2) is 0 Å². The van der Waals surface area contributed by atoms with Crippen LogP contribution in [0.25, 0.3) is 0 Å². The highest BCUT2D eigenvalue weighted by molar-refractivity contribution is 7.88. The highest BCUT2D eigenvalue weighted by Crippen LogP contribution is 2.03. The van der Waals surface area contributed by atoms with Crippen molar-refractivity contribution in [2.75, 3.05) is 19.3 Å². The number of urea groups is 1. The highest BCUT2D eigenvalue weighted by atomic mass is 32.2. The molecule has 0 fully saturated rings. The highest BCUT2D eigenvalue weighted by Gasteiger charge is 2.19. The lowest BCUT2D eigenvalue weighted by Gasteiger charge is -2.24. The van der Waals surface area contributed by atoms with E-state index < -0.39 is 10.0 Å². The average Bonchev–Trinajstić information content (AvgIpc) is 2.08. The number of carbonyl (C=O) groups is 1. The number of hydrogen-bond donors (Lipinski definition) is 2. The molecular formula is C10H23N3O3S. The van der Waals surface area contributed by atoms with E-state index >= 15 is 0 Å². The van der Waals surface area contributed by atoms with Crippen molar-refractivity contribution in [3.63, 3.8) is 0 Å². The first-order valence-corrected chi connectivity index (χ1v) is 7.50. The van der Waals surface area contributed by atoms with Crippen molar-refractivity contribution in [3.05, 3.63) is 0 Å². The van der Waals surface area contributed by atoms with Crippen LogP contribution in [0.2, 0.25) is 0 Å². The first-order chi connectivity index (χ1) is 7.64. The number of nitrogens with one attached hydrogen (secondary N) is 2. The van der Waals surface area contributed by atoms with Crippen molar-refractivity contribution < 1.29 is 13.2 Å². The summed E-state index contributed by atoms with van der Waals surface area (Å²) in [4.78, 5) is 11.3. The van der Waals surface area contributed by atoms with Crippen LogP contribution in [0.4, 0.5) is 4.79 Å². The maximum absolute atomic E-state index is 11.4. The van der Waals surface area contributed by atoms with Crippen LogP contribution in [0.3, 0.4) is 0 Å². The third kappa shape index (κ3) is 7.17. The maximum atomic E-state index is 11.4. The summed E-state index contributed by atoms with van der Waals surface area (Å²) in [7, 11) is -3.22. The molecule has 0 aromatic carbocycles. The smallest absolute Gasteiger partial charge is 0.315 e. The Bertz CT molecular complexity index is 339. The summed E-state index contributed by atoms with van der Waals surface area (Å²) in [5, 5.41) is 5.28. The van der Waals surface area contributed by atoms with Crippen LogP contribution in [-0.4, -0.2) is 50.2 Å². The molecule has 0 aliphatic heterocycles. The fourth-order valence-corrected chi connectivity index (χ4v) is 2.59. The van der Waals surface area contributed by atoms with E-state index in [0.29, 0.717) is 6.54 Å². The molecule has 0 saturated carbocycles. The van der Waals surface area contributed by atoms with Crippen LogP contribution in [-0.2, 0) is 10.0 Å². The molecule has 6 nitrogen and oxygen atoms in total. The summed E-state index contributed by atoms with van der Waals surface area (Å²) in [6.07, 6.45) is 1.17. The second kappa shape index (κ2) is 6.80. The molecule has 0 rings (SSSR count). The standard InChI is InChI=1S/C10H23N3O3S/c1-8(2)12-10(14)11-6-7-13(9(3)4)17(5,15)16/h8-9H,6-7H2,1-5H3,(H2,11,12,14). The number of rotatable bonds is 6. The van der Waals surface area contributed by atoms with E-state index in [2.05, 4.69) is 10.6 Å². The Morgan fingerprint density at radius 3 is 2.12 bits per heavy atom. The van der Waals surface area contributed by atoms with Gasteiger partial charge in [-0.15, -0.1) is 0 Å². The van der Waals surface area contributed by atoms with Crippen molar-refractivity contribution in [1.29, 1.82) is 0 Å². The van der Waals surface area contributed by atoms with E-state index in [0.717, 1.165) is 0 Å². The molecule has 0 bridgehead atoms. The molecule has 7 heteroatoms. The summed E-state index contributed by atoms with van der Waals surface area (Å²) in [5.41, 5.74) is 0. The largest absolute Gasteiger partial charge is 0.337 e. The molecule has 2 N–H and O–H groups in total. The lowest BCUT2D eigenvalue weighted by atomic mass is 10.4. The van der Waals surface area contributed by atoms with E-state index in [1.165, 1.54) is 10.6 Å². The van der Waals surface area contributed by atoms with Gasteiger partial charge in [0.2, 0.25) is 10.0 Å². The monoisotopic (exact) mass is 265 g/mol. The molecule has 17 heavy (non-hydrogen) atoms. The number of nitrogens with zero attached hydrogens (tertiary/aromatic N) is 1. The number of sulfonamides is 1. The second-order valence-electron chi connectivity index (χ2n) is 4.52. The molecule has 0 saturated heterocycles. The Morgan fingerprint density at radius 1 is 1.24 bits per heavy atom. The summed E-state index contributed by atoms with van der Waals surface area (Å²) >= 11 is 0. The molecule has 0 aliphatic rings. The Hall–Kier alpha value is -0.820. The zero-order valence-electron chi connectivity index (χ0n) is 11.1. The molecule has 0 atom stereocenters. The fraction of sp³-hybridized carbons (Fsp3) is 0.900. The van der Waals surface area contributed by atoms with Crippen molar-refractivity contribution in [2.24, 2.45) is 0 Å². The van der Waals surface area contributed by atoms with Crippen LogP contribution in [0.5, 0.6) is 0 Å². The van der Waals surface area contributed by atoms with E-state index in [1.807, 2.05) is 13.8 Å². The minimum absolute atomic E-state index is 0.0612. The van der Waals surface area contributed by atoms with Gasteiger partial charge in [-0.1, -0.05) is 0 Å². The fourth-order valence-electron chi connectivity index (χ4n) is 1.40. The van der Waals surface area contributed by atoms with E-state index in [1.54, 1.807) is 13.8 Å². The van der Waals surface area contributed by atoms with Crippen molar-refractivity contribution in [3.8, 4) is 0 Å². The van der Waals surface area contributed by atoms with Gasteiger partial charge in [-0.3, -0.25) is 0 Å². The minimum atomic E-state index is -3.22. The normalized spacial score (nSPS) is 12.2. The third-order valence-electron chi connectivity index (χ3n) is 2.04.